The Morgan fingerprint density at radius 1 is 1.15 bits per heavy atom. The van der Waals surface area contributed by atoms with Gasteiger partial charge in [0.1, 0.15) is 23.5 Å². The molecule has 0 aliphatic rings. The Morgan fingerprint density at radius 2 is 1.88 bits per heavy atom. The van der Waals surface area contributed by atoms with Gasteiger partial charge in [0, 0.05) is 23.6 Å². The molecule has 0 radical (unpaired) electrons. The first-order valence-corrected chi connectivity index (χ1v) is 10.9. The molecule has 6 N–H and O–H groups in total. The monoisotopic (exact) mass is 467 g/mol. The molecule has 2 aromatic heterocycles. The van der Waals surface area contributed by atoms with Crippen LogP contribution in [0.2, 0.25) is 0 Å². The molecule has 10 nitrogen and oxygen atoms in total. The van der Waals surface area contributed by atoms with Crippen molar-refractivity contribution >= 4 is 28.6 Å². The normalized spacial score (nSPS) is 12.9. The van der Waals surface area contributed by atoms with Crippen LogP contribution < -0.4 is 27.1 Å². The van der Waals surface area contributed by atoms with E-state index in [1.165, 1.54) is 13.3 Å². The van der Waals surface area contributed by atoms with E-state index in [1.807, 2.05) is 13.8 Å². The van der Waals surface area contributed by atoms with Gasteiger partial charge in [-0.15, -0.1) is 0 Å². The Kier molecular flexibility index (Phi) is 7.40. The van der Waals surface area contributed by atoms with E-state index < -0.39 is 29.8 Å². The number of fused-ring (bicyclic) bond motifs is 1. The number of nitrogens with two attached hydrogens (primary N) is 2. The maximum Gasteiger partial charge on any atom is 0.265 e. The molecule has 2 atom stereocenters. The van der Waals surface area contributed by atoms with Gasteiger partial charge in [0.2, 0.25) is 11.8 Å². The lowest BCUT2D eigenvalue weighted by molar-refractivity contribution is -0.129. The van der Waals surface area contributed by atoms with Gasteiger partial charge in [-0.3, -0.25) is 19.2 Å². The second-order valence-electron chi connectivity index (χ2n) is 8.49. The SMILES string of the molecule is COc1cccc2c1cc(C(N)=O)n2[C@@H](CC(C)C)C(=O)NC(Cc1ccc[nH]c1=O)C(N)=O. The molecule has 3 amide bonds. The minimum absolute atomic E-state index is 0.0588. The maximum absolute atomic E-state index is 13.5. The largest absolute Gasteiger partial charge is 0.496 e. The lowest BCUT2D eigenvalue weighted by atomic mass is 10.0. The molecule has 34 heavy (non-hydrogen) atoms. The second-order valence-corrected chi connectivity index (χ2v) is 8.49. The average Bonchev–Trinajstić information content (AvgIpc) is 3.18. The molecule has 0 fully saturated rings. The highest BCUT2D eigenvalue weighted by molar-refractivity contribution is 6.01. The standard InChI is InChI=1S/C24H29N5O5/c1-13(2)10-19(24(33)28-16(21(25)30)11-14-6-5-9-27-23(14)32)29-17-7-4-8-20(34-3)15(17)12-18(29)22(26)31/h4-9,12-13,16,19H,10-11H2,1-3H3,(H2,25,30)(H2,26,31)(H,27,32)(H,28,33)/t16?,19-/m0/s1. The van der Waals surface area contributed by atoms with Crippen molar-refractivity contribution in [3.8, 4) is 5.75 Å². The fourth-order valence-corrected chi connectivity index (χ4v) is 4.03. The van der Waals surface area contributed by atoms with Crippen molar-refractivity contribution in [1.29, 1.82) is 0 Å². The van der Waals surface area contributed by atoms with Crippen LogP contribution in [0.4, 0.5) is 0 Å². The molecular formula is C24H29N5O5. The van der Waals surface area contributed by atoms with Crippen LogP contribution in [-0.2, 0) is 16.0 Å². The third-order valence-electron chi connectivity index (χ3n) is 5.61. The van der Waals surface area contributed by atoms with E-state index in [-0.39, 0.29) is 23.6 Å². The molecule has 0 bridgehead atoms. The summed E-state index contributed by atoms with van der Waals surface area (Å²) in [5.74, 6) is -1.42. The third kappa shape index (κ3) is 5.11. The molecule has 0 aliphatic heterocycles. The number of H-pyrrole nitrogens is 1. The Labute approximate surface area is 196 Å². The van der Waals surface area contributed by atoms with Crippen LogP contribution in [0.25, 0.3) is 10.9 Å². The van der Waals surface area contributed by atoms with Crippen LogP contribution in [0.1, 0.15) is 42.4 Å². The zero-order chi connectivity index (χ0) is 25.0. The van der Waals surface area contributed by atoms with Gasteiger partial charge < -0.3 is 31.1 Å². The number of nitrogens with one attached hydrogen (secondary N) is 2. The summed E-state index contributed by atoms with van der Waals surface area (Å²) >= 11 is 0. The molecule has 1 aromatic carbocycles. The number of hydrogen-bond donors (Lipinski definition) is 4. The van der Waals surface area contributed by atoms with Gasteiger partial charge in [-0.1, -0.05) is 26.0 Å². The van der Waals surface area contributed by atoms with Gasteiger partial charge in [-0.25, -0.2) is 0 Å². The van der Waals surface area contributed by atoms with Crippen molar-refractivity contribution in [1.82, 2.24) is 14.9 Å². The van der Waals surface area contributed by atoms with Crippen LogP contribution >= 0.6 is 0 Å². The summed E-state index contributed by atoms with van der Waals surface area (Å²) in [4.78, 5) is 52.6. The molecule has 0 saturated carbocycles. The van der Waals surface area contributed by atoms with Gasteiger partial charge >= 0.3 is 0 Å². The third-order valence-corrected chi connectivity index (χ3v) is 5.61. The van der Waals surface area contributed by atoms with Crippen LogP contribution in [0.3, 0.4) is 0 Å². The summed E-state index contributed by atoms with van der Waals surface area (Å²) < 4.78 is 6.98. The minimum atomic E-state index is -1.13. The molecule has 1 unspecified atom stereocenters. The first-order valence-electron chi connectivity index (χ1n) is 10.9. The van der Waals surface area contributed by atoms with Crippen LogP contribution in [-0.4, -0.2) is 40.4 Å². The number of methoxy groups -OCH3 is 1. The first-order chi connectivity index (χ1) is 16.1. The van der Waals surface area contributed by atoms with Gasteiger partial charge in [0.15, 0.2) is 0 Å². The van der Waals surface area contributed by atoms with Crippen LogP contribution in [0.15, 0.2) is 47.4 Å². The molecule has 2 heterocycles. The minimum Gasteiger partial charge on any atom is -0.496 e. The van der Waals surface area contributed by atoms with Crippen molar-refractivity contribution < 1.29 is 19.1 Å². The number of carbonyl (C=O) groups excluding carboxylic acids is 3. The molecule has 3 aromatic rings. The predicted octanol–water partition coefficient (Wildman–Crippen LogP) is 1.24. The highest BCUT2D eigenvalue weighted by Gasteiger charge is 2.31. The maximum atomic E-state index is 13.5. The number of nitrogens with zero attached hydrogens (tertiary/aromatic N) is 1. The van der Waals surface area contributed by atoms with Crippen molar-refractivity contribution in [2.75, 3.05) is 7.11 Å². The molecule has 10 heteroatoms. The Hall–Kier alpha value is -4.08. The Bertz CT molecular complexity index is 1280. The molecular weight excluding hydrogens is 438 g/mol. The van der Waals surface area contributed by atoms with Crippen molar-refractivity contribution in [3.63, 3.8) is 0 Å². The van der Waals surface area contributed by atoms with Gasteiger partial charge in [-0.05, 0) is 36.6 Å². The van der Waals surface area contributed by atoms with E-state index >= 15 is 0 Å². The highest BCUT2D eigenvalue weighted by atomic mass is 16.5. The van der Waals surface area contributed by atoms with E-state index in [9.17, 15) is 19.2 Å². The molecule has 3 rings (SSSR count). The van der Waals surface area contributed by atoms with E-state index in [0.29, 0.717) is 28.6 Å². The fourth-order valence-electron chi connectivity index (χ4n) is 4.03. The number of benzene rings is 1. The number of amides is 3. The second kappa shape index (κ2) is 10.2. The summed E-state index contributed by atoms with van der Waals surface area (Å²) in [6, 6.07) is 8.03. The van der Waals surface area contributed by atoms with Crippen molar-refractivity contribution in [2.45, 2.75) is 38.8 Å². The summed E-state index contributed by atoms with van der Waals surface area (Å²) in [7, 11) is 1.51. The number of rotatable bonds is 10. The molecule has 0 aliphatic carbocycles. The summed E-state index contributed by atoms with van der Waals surface area (Å²) in [5.41, 5.74) is 11.9. The summed E-state index contributed by atoms with van der Waals surface area (Å²) in [6.45, 7) is 3.87. The lowest BCUT2D eigenvalue weighted by Crippen LogP contribution is -2.49. The van der Waals surface area contributed by atoms with Crippen LogP contribution in [0, 0.1) is 5.92 Å². The fraction of sp³-hybridized carbons (Fsp3) is 0.333. The lowest BCUT2D eigenvalue weighted by Gasteiger charge is -2.25. The van der Waals surface area contributed by atoms with Crippen molar-refractivity contribution in [3.05, 3.63) is 64.2 Å². The Balaban J connectivity index is 2.05. The smallest absolute Gasteiger partial charge is 0.265 e. The van der Waals surface area contributed by atoms with Gasteiger partial charge in [0.25, 0.3) is 11.5 Å². The quantitative estimate of drug-likeness (QED) is 0.352. The van der Waals surface area contributed by atoms with Gasteiger partial charge in [-0.2, -0.15) is 0 Å². The number of aromatic amines is 1. The topological polar surface area (TPSA) is 162 Å². The number of ether oxygens (including phenoxy) is 1. The van der Waals surface area contributed by atoms with E-state index in [4.69, 9.17) is 16.2 Å². The highest BCUT2D eigenvalue weighted by Crippen LogP contribution is 2.33. The van der Waals surface area contributed by atoms with Gasteiger partial charge in [0.05, 0.1) is 12.6 Å². The van der Waals surface area contributed by atoms with E-state index in [2.05, 4.69) is 10.3 Å². The number of hydrogen-bond acceptors (Lipinski definition) is 5. The number of primary amides is 2. The molecule has 180 valence electrons. The molecule has 0 saturated heterocycles. The zero-order valence-corrected chi connectivity index (χ0v) is 19.3. The summed E-state index contributed by atoms with van der Waals surface area (Å²) in [5, 5.41) is 3.30. The van der Waals surface area contributed by atoms with E-state index in [0.717, 1.165) is 0 Å². The Morgan fingerprint density at radius 3 is 2.47 bits per heavy atom. The van der Waals surface area contributed by atoms with Crippen molar-refractivity contribution in [2.24, 2.45) is 17.4 Å². The zero-order valence-electron chi connectivity index (χ0n) is 19.3. The molecule has 0 spiro atoms. The summed E-state index contributed by atoms with van der Waals surface area (Å²) in [6.07, 6.45) is 1.75. The number of aromatic nitrogens is 2. The first kappa shape index (κ1) is 24.6. The number of pyridine rings is 1. The number of carbonyl (C=O) groups is 3. The van der Waals surface area contributed by atoms with Crippen LogP contribution in [0.5, 0.6) is 5.75 Å². The average molecular weight is 468 g/mol. The van der Waals surface area contributed by atoms with E-state index in [1.54, 1.807) is 41.0 Å². The predicted molar refractivity (Wildman–Crippen MR) is 127 cm³/mol.